The molecule has 0 aromatic heterocycles. The van der Waals surface area contributed by atoms with Crippen molar-refractivity contribution in [3.8, 4) is 0 Å². The summed E-state index contributed by atoms with van der Waals surface area (Å²) in [5, 5.41) is 2.86. The summed E-state index contributed by atoms with van der Waals surface area (Å²) >= 11 is 0. The van der Waals surface area contributed by atoms with Gasteiger partial charge in [-0.05, 0) is 50.6 Å². The standard InChI is InChI=1S/C12H19NO2S/c1-9-7-11(3)12(8-10(9)2)16(14,15)6-5-13-4/h7-8,13H,5-6H2,1-4H3. The van der Waals surface area contributed by atoms with Gasteiger partial charge in [0.05, 0.1) is 10.6 Å². The number of nitrogens with one attached hydrogen (secondary N) is 1. The average Bonchev–Trinajstić information content (AvgIpc) is 2.20. The van der Waals surface area contributed by atoms with Gasteiger partial charge < -0.3 is 5.32 Å². The van der Waals surface area contributed by atoms with E-state index in [0.29, 0.717) is 11.4 Å². The molecule has 0 radical (unpaired) electrons. The molecule has 0 saturated carbocycles. The van der Waals surface area contributed by atoms with E-state index >= 15 is 0 Å². The second-order valence-corrected chi connectivity index (χ2v) is 6.20. The Morgan fingerprint density at radius 3 is 2.19 bits per heavy atom. The lowest BCUT2D eigenvalue weighted by atomic mass is 10.1. The smallest absolute Gasteiger partial charge is 0.179 e. The molecule has 1 aromatic carbocycles. The zero-order chi connectivity index (χ0) is 12.3. The van der Waals surface area contributed by atoms with E-state index in [1.54, 1.807) is 13.1 Å². The zero-order valence-electron chi connectivity index (χ0n) is 10.3. The van der Waals surface area contributed by atoms with Gasteiger partial charge in [0.25, 0.3) is 0 Å². The summed E-state index contributed by atoms with van der Waals surface area (Å²) < 4.78 is 24.1. The van der Waals surface area contributed by atoms with Gasteiger partial charge in [-0.25, -0.2) is 8.42 Å². The second kappa shape index (κ2) is 4.97. The van der Waals surface area contributed by atoms with Crippen LogP contribution in [0.15, 0.2) is 17.0 Å². The molecule has 0 unspecified atom stereocenters. The van der Waals surface area contributed by atoms with Crippen molar-refractivity contribution < 1.29 is 8.42 Å². The Balaban J connectivity index is 3.18. The maximum Gasteiger partial charge on any atom is 0.179 e. The van der Waals surface area contributed by atoms with E-state index in [2.05, 4.69) is 5.32 Å². The van der Waals surface area contributed by atoms with E-state index in [9.17, 15) is 8.42 Å². The summed E-state index contributed by atoms with van der Waals surface area (Å²) in [6.07, 6.45) is 0. The van der Waals surface area contributed by atoms with E-state index in [1.807, 2.05) is 26.8 Å². The number of aryl methyl sites for hydroxylation is 3. The lowest BCUT2D eigenvalue weighted by molar-refractivity contribution is 0.593. The minimum absolute atomic E-state index is 0.146. The van der Waals surface area contributed by atoms with Gasteiger partial charge in [0.2, 0.25) is 0 Å². The van der Waals surface area contributed by atoms with Gasteiger partial charge in [-0.15, -0.1) is 0 Å². The second-order valence-electron chi connectivity index (χ2n) is 4.12. The fourth-order valence-electron chi connectivity index (χ4n) is 1.62. The average molecular weight is 241 g/mol. The molecule has 0 bridgehead atoms. The van der Waals surface area contributed by atoms with Gasteiger partial charge in [0.1, 0.15) is 0 Å². The summed E-state index contributed by atoms with van der Waals surface area (Å²) in [7, 11) is -1.40. The van der Waals surface area contributed by atoms with Crippen LogP contribution < -0.4 is 5.32 Å². The molecule has 0 spiro atoms. The first-order valence-corrected chi connectivity index (χ1v) is 6.99. The van der Waals surface area contributed by atoms with Crippen LogP contribution in [-0.2, 0) is 9.84 Å². The van der Waals surface area contributed by atoms with Crippen molar-refractivity contribution in [2.75, 3.05) is 19.3 Å². The molecule has 0 heterocycles. The Hall–Kier alpha value is -0.870. The third kappa shape index (κ3) is 2.83. The minimum Gasteiger partial charge on any atom is -0.319 e. The fraction of sp³-hybridized carbons (Fsp3) is 0.500. The van der Waals surface area contributed by atoms with Crippen molar-refractivity contribution in [1.82, 2.24) is 5.32 Å². The molecular formula is C12H19NO2S. The number of rotatable bonds is 4. The van der Waals surface area contributed by atoms with E-state index in [1.165, 1.54) is 0 Å². The van der Waals surface area contributed by atoms with Crippen LogP contribution in [0.4, 0.5) is 0 Å². The van der Waals surface area contributed by atoms with Gasteiger partial charge in [-0.3, -0.25) is 0 Å². The van der Waals surface area contributed by atoms with Gasteiger partial charge in [-0.1, -0.05) is 6.07 Å². The lowest BCUT2D eigenvalue weighted by Crippen LogP contribution is -2.20. The van der Waals surface area contributed by atoms with Crippen LogP contribution in [0.5, 0.6) is 0 Å². The maximum atomic E-state index is 12.0. The highest BCUT2D eigenvalue weighted by molar-refractivity contribution is 7.91. The van der Waals surface area contributed by atoms with Gasteiger partial charge in [0, 0.05) is 6.54 Å². The van der Waals surface area contributed by atoms with Crippen LogP contribution in [0.3, 0.4) is 0 Å². The Morgan fingerprint density at radius 2 is 1.62 bits per heavy atom. The Bertz CT molecular complexity index is 478. The van der Waals surface area contributed by atoms with Crippen LogP contribution in [0.25, 0.3) is 0 Å². The number of benzene rings is 1. The first-order chi connectivity index (χ1) is 7.38. The number of sulfone groups is 1. The molecule has 0 saturated heterocycles. The van der Waals surface area contributed by atoms with E-state index in [-0.39, 0.29) is 5.75 Å². The van der Waals surface area contributed by atoms with Crippen LogP contribution in [0.1, 0.15) is 16.7 Å². The molecule has 1 rings (SSSR count). The maximum absolute atomic E-state index is 12.0. The Labute approximate surface area is 97.8 Å². The van der Waals surface area contributed by atoms with Crippen molar-refractivity contribution in [1.29, 1.82) is 0 Å². The minimum atomic E-state index is -3.15. The molecule has 0 aliphatic rings. The lowest BCUT2D eigenvalue weighted by Gasteiger charge is -2.10. The predicted octanol–water partition coefficient (Wildman–Crippen LogP) is 1.60. The first-order valence-electron chi connectivity index (χ1n) is 5.33. The van der Waals surface area contributed by atoms with Crippen molar-refractivity contribution in [3.63, 3.8) is 0 Å². The molecule has 3 nitrogen and oxygen atoms in total. The molecule has 0 aliphatic heterocycles. The molecule has 90 valence electrons. The molecule has 0 amide bonds. The first kappa shape index (κ1) is 13.2. The van der Waals surface area contributed by atoms with Gasteiger partial charge in [0.15, 0.2) is 9.84 Å². The molecule has 0 atom stereocenters. The quantitative estimate of drug-likeness (QED) is 0.871. The van der Waals surface area contributed by atoms with Gasteiger partial charge in [-0.2, -0.15) is 0 Å². The third-order valence-electron chi connectivity index (χ3n) is 2.75. The number of hydrogen-bond donors (Lipinski definition) is 1. The van der Waals surface area contributed by atoms with Crippen LogP contribution >= 0.6 is 0 Å². The Morgan fingerprint density at radius 1 is 1.06 bits per heavy atom. The summed E-state index contributed by atoms with van der Waals surface area (Å²) in [6.45, 7) is 6.26. The molecular weight excluding hydrogens is 222 g/mol. The van der Waals surface area contributed by atoms with Crippen LogP contribution in [0, 0.1) is 20.8 Å². The van der Waals surface area contributed by atoms with Crippen molar-refractivity contribution in [3.05, 3.63) is 28.8 Å². The molecule has 4 heteroatoms. The zero-order valence-corrected chi connectivity index (χ0v) is 11.1. The van der Waals surface area contributed by atoms with E-state index in [4.69, 9.17) is 0 Å². The predicted molar refractivity (Wildman–Crippen MR) is 66.6 cm³/mol. The van der Waals surface area contributed by atoms with Crippen molar-refractivity contribution in [2.45, 2.75) is 25.7 Å². The van der Waals surface area contributed by atoms with Crippen LogP contribution in [0.2, 0.25) is 0 Å². The topological polar surface area (TPSA) is 46.2 Å². The highest BCUT2D eigenvalue weighted by Crippen LogP contribution is 2.20. The fourth-order valence-corrected chi connectivity index (χ4v) is 3.21. The largest absolute Gasteiger partial charge is 0.319 e. The molecule has 1 N–H and O–H groups in total. The molecule has 0 fully saturated rings. The molecule has 1 aromatic rings. The number of hydrogen-bond acceptors (Lipinski definition) is 3. The third-order valence-corrected chi connectivity index (χ3v) is 4.60. The van der Waals surface area contributed by atoms with Crippen LogP contribution in [-0.4, -0.2) is 27.8 Å². The monoisotopic (exact) mass is 241 g/mol. The molecule has 0 aliphatic carbocycles. The summed E-state index contributed by atoms with van der Waals surface area (Å²) in [5.74, 6) is 0.146. The summed E-state index contributed by atoms with van der Waals surface area (Å²) in [6, 6.07) is 3.71. The Kier molecular flexibility index (Phi) is 4.10. The highest BCUT2D eigenvalue weighted by atomic mass is 32.2. The van der Waals surface area contributed by atoms with E-state index in [0.717, 1.165) is 16.7 Å². The summed E-state index contributed by atoms with van der Waals surface area (Å²) in [4.78, 5) is 0.464. The van der Waals surface area contributed by atoms with Crippen molar-refractivity contribution >= 4 is 9.84 Å². The molecule has 16 heavy (non-hydrogen) atoms. The van der Waals surface area contributed by atoms with E-state index < -0.39 is 9.84 Å². The highest BCUT2D eigenvalue weighted by Gasteiger charge is 2.17. The van der Waals surface area contributed by atoms with Crippen molar-refractivity contribution in [2.24, 2.45) is 0 Å². The normalized spacial score (nSPS) is 11.8. The van der Waals surface area contributed by atoms with Gasteiger partial charge >= 0.3 is 0 Å². The summed E-state index contributed by atoms with van der Waals surface area (Å²) in [5.41, 5.74) is 2.98. The SMILES string of the molecule is CNCCS(=O)(=O)c1cc(C)c(C)cc1C.